The Morgan fingerprint density at radius 2 is 1.76 bits per heavy atom. The van der Waals surface area contributed by atoms with Crippen LogP contribution in [0.15, 0.2) is 6.07 Å². The number of alkyl halides is 3. The van der Waals surface area contributed by atoms with Crippen LogP contribution in [0.25, 0.3) is 0 Å². The van der Waals surface area contributed by atoms with Crippen molar-refractivity contribution in [2.75, 3.05) is 18.1 Å². The summed E-state index contributed by atoms with van der Waals surface area (Å²) in [5.41, 5.74) is -5.82. The third-order valence-corrected chi connectivity index (χ3v) is 6.02. The normalized spacial score (nSPS) is 16.0. The molecular formula is C22H33F3N2O6S. The minimum atomic E-state index is -6.08. The van der Waals surface area contributed by atoms with E-state index in [-0.39, 0.29) is 30.6 Å². The van der Waals surface area contributed by atoms with Crippen molar-refractivity contribution < 1.29 is 40.1 Å². The smallest absolute Gasteiger partial charge is 0.465 e. The van der Waals surface area contributed by atoms with Gasteiger partial charge >= 0.3 is 21.6 Å². The first-order valence-corrected chi connectivity index (χ1v) is 12.8. The van der Waals surface area contributed by atoms with Gasteiger partial charge in [0.1, 0.15) is 11.5 Å². The van der Waals surface area contributed by atoms with E-state index in [2.05, 4.69) is 9.17 Å². The molecule has 0 radical (unpaired) electrons. The molecule has 1 aliphatic heterocycles. The van der Waals surface area contributed by atoms with Gasteiger partial charge in [-0.15, -0.1) is 0 Å². The van der Waals surface area contributed by atoms with Crippen molar-refractivity contribution in [1.29, 1.82) is 0 Å². The number of nitrogens with zero attached hydrogens (tertiary/aromatic N) is 2. The van der Waals surface area contributed by atoms with Gasteiger partial charge in [0, 0.05) is 18.3 Å². The molecule has 2 rings (SSSR count). The van der Waals surface area contributed by atoms with Crippen LogP contribution in [0, 0.1) is 12.8 Å². The van der Waals surface area contributed by atoms with Gasteiger partial charge in [-0.25, -0.2) is 4.98 Å². The Bertz CT molecular complexity index is 960. The molecule has 12 heteroatoms. The molecule has 0 N–H and O–H groups in total. The van der Waals surface area contributed by atoms with Crippen molar-refractivity contribution in [1.82, 2.24) is 4.98 Å². The first-order valence-electron chi connectivity index (χ1n) is 11.4. The maximum atomic E-state index is 13.2. The Hall–Kier alpha value is -2.37. The van der Waals surface area contributed by atoms with Gasteiger partial charge in [0.25, 0.3) is 0 Å². The van der Waals surface area contributed by atoms with Crippen molar-refractivity contribution in [3.05, 3.63) is 17.3 Å². The highest BCUT2D eigenvalue weighted by atomic mass is 32.2. The lowest BCUT2D eigenvalue weighted by Gasteiger charge is -2.40. The number of esters is 1. The highest BCUT2D eigenvalue weighted by Crippen LogP contribution is 2.40. The number of ketones is 1. The van der Waals surface area contributed by atoms with E-state index in [1.807, 2.05) is 27.7 Å². The number of ether oxygens (including phenoxy) is 1. The standard InChI is InChI=1S/C20H27F3N2O6S.C2H6/c1-5-8-13(9-6-2)25-11-14(19(27)30-7-3)17(26)16-15(25)10-12(4)24-18(16)31-32(28,29)20(21,22)23;1-2/h10,13-14H,5-9,11H2,1-4H3;1-2H3. The summed E-state index contributed by atoms with van der Waals surface area (Å²) >= 11 is 0. The number of anilines is 1. The highest BCUT2D eigenvalue weighted by molar-refractivity contribution is 7.88. The predicted molar refractivity (Wildman–Crippen MR) is 121 cm³/mol. The summed E-state index contributed by atoms with van der Waals surface area (Å²) in [5, 5.41) is 0. The zero-order valence-corrected chi connectivity index (χ0v) is 21.2. The molecule has 194 valence electrons. The van der Waals surface area contributed by atoms with Gasteiger partial charge < -0.3 is 13.8 Å². The molecule has 0 aromatic carbocycles. The van der Waals surface area contributed by atoms with Crippen LogP contribution in [0.5, 0.6) is 5.88 Å². The molecule has 0 aliphatic carbocycles. The van der Waals surface area contributed by atoms with Crippen LogP contribution in [-0.2, 0) is 19.6 Å². The van der Waals surface area contributed by atoms with E-state index >= 15 is 0 Å². The zero-order valence-electron chi connectivity index (χ0n) is 20.4. The van der Waals surface area contributed by atoms with Gasteiger partial charge in [0.15, 0.2) is 5.78 Å². The molecule has 0 spiro atoms. The van der Waals surface area contributed by atoms with Gasteiger partial charge in [-0.3, -0.25) is 9.59 Å². The molecule has 1 aromatic rings. The number of Topliss-reactive ketones (excluding diaryl/α,β-unsaturated/α-hetero) is 1. The van der Waals surface area contributed by atoms with Crippen molar-refractivity contribution in [2.45, 2.75) is 78.8 Å². The number of pyridine rings is 1. The third-order valence-electron chi connectivity index (χ3n) is 5.07. The quantitative estimate of drug-likeness (QED) is 0.202. The largest absolute Gasteiger partial charge is 0.534 e. The number of rotatable bonds is 9. The molecule has 0 fully saturated rings. The summed E-state index contributed by atoms with van der Waals surface area (Å²) in [6.07, 6.45) is 2.94. The molecule has 0 amide bonds. The van der Waals surface area contributed by atoms with Crippen LogP contribution in [0.3, 0.4) is 0 Å². The second-order valence-corrected chi connectivity index (χ2v) is 9.04. The first kappa shape index (κ1) is 29.7. The summed E-state index contributed by atoms with van der Waals surface area (Å²) in [5.74, 6) is -4.07. The average molecular weight is 511 g/mol. The van der Waals surface area contributed by atoms with Crippen LogP contribution in [-0.4, -0.2) is 49.9 Å². The van der Waals surface area contributed by atoms with Crippen LogP contribution >= 0.6 is 0 Å². The van der Waals surface area contributed by atoms with Crippen LogP contribution in [0.2, 0.25) is 0 Å². The molecule has 0 saturated heterocycles. The molecular weight excluding hydrogens is 477 g/mol. The van der Waals surface area contributed by atoms with Gasteiger partial charge in [-0.2, -0.15) is 21.6 Å². The van der Waals surface area contributed by atoms with E-state index in [1.54, 1.807) is 11.8 Å². The number of hydrogen-bond acceptors (Lipinski definition) is 8. The molecule has 2 heterocycles. The molecule has 1 aliphatic rings. The van der Waals surface area contributed by atoms with Crippen LogP contribution in [0.1, 0.15) is 76.4 Å². The molecule has 1 aromatic heterocycles. The fourth-order valence-corrected chi connectivity index (χ4v) is 4.17. The Labute approximate surface area is 198 Å². The number of hydrogen-bond donors (Lipinski definition) is 0. The van der Waals surface area contributed by atoms with E-state index < -0.39 is 44.7 Å². The fraction of sp³-hybridized carbons (Fsp3) is 0.682. The zero-order chi connectivity index (χ0) is 26.3. The Morgan fingerprint density at radius 1 is 1.21 bits per heavy atom. The monoisotopic (exact) mass is 510 g/mol. The van der Waals surface area contributed by atoms with Gasteiger partial charge in [0.05, 0.1) is 12.3 Å². The molecule has 1 atom stereocenters. The third kappa shape index (κ3) is 6.61. The van der Waals surface area contributed by atoms with Gasteiger partial charge in [-0.1, -0.05) is 40.5 Å². The van der Waals surface area contributed by atoms with Crippen LogP contribution in [0.4, 0.5) is 18.9 Å². The lowest BCUT2D eigenvalue weighted by molar-refractivity contribution is -0.146. The van der Waals surface area contributed by atoms with Gasteiger partial charge in [0.2, 0.25) is 5.88 Å². The number of carbonyl (C=O) groups is 2. The summed E-state index contributed by atoms with van der Waals surface area (Å²) in [4.78, 5) is 31.2. The predicted octanol–water partition coefficient (Wildman–Crippen LogP) is 4.80. The van der Waals surface area contributed by atoms with E-state index in [9.17, 15) is 31.2 Å². The number of carbonyl (C=O) groups excluding carboxylic acids is 2. The van der Waals surface area contributed by atoms with Gasteiger partial charge in [-0.05, 0) is 32.8 Å². The summed E-state index contributed by atoms with van der Waals surface area (Å²) in [6, 6.07) is 1.35. The lowest BCUT2D eigenvalue weighted by atomic mass is 9.89. The maximum Gasteiger partial charge on any atom is 0.534 e. The van der Waals surface area contributed by atoms with E-state index in [0.29, 0.717) is 12.8 Å². The summed E-state index contributed by atoms with van der Waals surface area (Å²) in [6.45, 7) is 10.9. The van der Waals surface area contributed by atoms with Crippen molar-refractivity contribution in [3.63, 3.8) is 0 Å². The second-order valence-electron chi connectivity index (χ2n) is 7.50. The number of aryl methyl sites for hydroxylation is 1. The first-order chi connectivity index (χ1) is 15.9. The van der Waals surface area contributed by atoms with Crippen molar-refractivity contribution >= 4 is 27.6 Å². The van der Waals surface area contributed by atoms with Crippen LogP contribution < -0.4 is 9.08 Å². The highest BCUT2D eigenvalue weighted by Gasteiger charge is 2.50. The summed E-state index contributed by atoms with van der Waals surface area (Å²) < 4.78 is 71.4. The van der Waals surface area contributed by atoms with Crippen molar-refractivity contribution in [2.24, 2.45) is 5.92 Å². The van der Waals surface area contributed by atoms with Crippen molar-refractivity contribution in [3.8, 4) is 5.88 Å². The number of aromatic nitrogens is 1. The van der Waals surface area contributed by atoms with E-state index in [0.717, 1.165) is 12.8 Å². The lowest BCUT2D eigenvalue weighted by Crippen LogP contribution is -2.48. The SMILES string of the molecule is CC.CCCC(CCC)N1CC(C(=O)OCC)C(=O)c2c1cc(C)nc2OS(=O)(=O)C(F)(F)F. The second kappa shape index (κ2) is 12.4. The molecule has 34 heavy (non-hydrogen) atoms. The minimum Gasteiger partial charge on any atom is -0.465 e. The number of fused-ring (bicyclic) bond motifs is 1. The summed E-state index contributed by atoms with van der Waals surface area (Å²) in [7, 11) is -6.08. The molecule has 0 bridgehead atoms. The molecule has 0 saturated carbocycles. The Kier molecular flexibility index (Phi) is 10.8. The topological polar surface area (TPSA) is 103 Å². The molecule has 1 unspecified atom stereocenters. The minimum absolute atomic E-state index is 0.000771. The average Bonchev–Trinajstić information content (AvgIpc) is 2.74. The van der Waals surface area contributed by atoms with E-state index in [4.69, 9.17) is 4.74 Å². The maximum absolute atomic E-state index is 13.2. The van der Waals surface area contributed by atoms with E-state index in [1.165, 1.54) is 13.0 Å². The fourth-order valence-electron chi connectivity index (χ4n) is 3.74. The Balaban J connectivity index is 0.00000281. The molecule has 8 nitrogen and oxygen atoms in total. The number of halogens is 3. The Morgan fingerprint density at radius 3 is 2.24 bits per heavy atom.